The molecule has 0 unspecified atom stereocenters. The lowest BCUT2D eigenvalue weighted by Crippen LogP contribution is -1.97. The van der Waals surface area contributed by atoms with Gasteiger partial charge in [0.2, 0.25) is 0 Å². The minimum absolute atomic E-state index is 0.521. The van der Waals surface area contributed by atoms with Crippen LogP contribution in [0.5, 0.6) is 5.75 Å². The molecule has 1 aromatic heterocycles. The highest BCUT2D eigenvalue weighted by atomic mass is 79.9. The Morgan fingerprint density at radius 1 is 1.00 bits per heavy atom. The molecule has 0 bridgehead atoms. The van der Waals surface area contributed by atoms with Gasteiger partial charge in [0.1, 0.15) is 12.4 Å². The Labute approximate surface area is 131 Å². The minimum atomic E-state index is 0.521. The number of ether oxygens (including phenoxy) is 1. The molecule has 0 atom stereocenters. The minimum Gasteiger partial charge on any atom is -0.487 e. The summed E-state index contributed by atoms with van der Waals surface area (Å²) in [5.74, 6) is 0.816. The fraction of sp³-hybridized carbons (Fsp3) is 0.154. The maximum atomic E-state index is 5.82. The number of alkyl halides is 1. The Kier molecular flexibility index (Phi) is 5.21. The van der Waals surface area contributed by atoms with Crippen LogP contribution in [0.1, 0.15) is 11.1 Å². The average molecular weight is 436 g/mol. The number of rotatable bonds is 4. The summed E-state index contributed by atoms with van der Waals surface area (Å²) in [5, 5.41) is 0.814. The summed E-state index contributed by atoms with van der Waals surface area (Å²) in [7, 11) is 0. The maximum Gasteiger partial charge on any atom is 0.148 e. The first kappa shape index (κ1) is 14.0. The standard InChI is InChI=1S/C13H10Br3NO/c14-7-10-5-11(15)13(12(16)6-10)18-8-9-1-3-17-4-2-9/h1-6H,7-8H2. The number of nitrogens with zero attached hydrogens (tertiary/aromatic N) is 1. The largest absolute Gasteiger partial charge is 0.487 e. The van der Waals surface area contributed by atoms with E-state index in [1.54, 1.807) is 12.4 Å². The predicted molar refractivity (Wildman–Crippen MR) is 83.0 cm³/mol. The highest BCUT2D eigenvalue weighted by Gasteiger charge is 2.08. The molecule has 2 rings (SSSR count). The predicted octanol–water partition coefficient (Wildman–Crippen LogP) is 5.08. The molecule has 18 heavy (non-hydrogen) atoms. The van der Waals surface area contributed by atoms with Gasteiger partial charge in [0, 0.05) is 17.7 Å². The molecule has 94 valence electrons. The maximum absolute atomic E-state index is 5.82. The van der Waals surface area contributed by atoms with Gasteiger partial charge in [-0.3, -0.25) is 4.98 Å². The van der Waals surface area contributed by atoms with Crippen LogP contribution in [0.2, 0.25) is 0 Å². The van der Waals surface area contributed by atoms with Gasteiger partial charge in [0.05, 0.1) is 8.95 Å². The van der Waals surface area contributed by atoms with Crippen LogP contribution in [0.25, 0.3) is 0 Å². The molecule has 1 heterocycles. The third-order valence-corrected chi connectivity index (χ3v) is 4.17. The van der Waals surface area contributed by atoms with Crippen LogP contribution >= 0.6 is 47.8 Å². The van der Waals surface area contributed by atoms with E-state index < -0.39 is 0 Å². The van der Waals surface area contributed by atoms with Crippen molar-refractivity contribution in [1.29, 1.82) is 0 Å². The quantitative estimate of drug-likeness (QED) is 0.625. The van der Waals surface area contributed by atoms with Crippen molar-refractivity contribution in [3.05, 3.63) is 56.7 Å². The van der Waals surface area contributed by atoms with E-state index in [2.05, 4.69) is 52.8 Å². The summed E-state index contributed by atoms with van der Waals surface area (Å²) in [6, 6.07) is 7.96. The van der Waals surface area contributed by atoms with Crippen molar-refractivity contribution in [3.8, 4) is 5.75 Å². The Balaban J connectivity index is 2.15. The van der Waals surface area contributed by atoms with Gasteiger partial charge in [0.15, 0.2) is 0 Å². The van der Waals surface area contributed by atoms with E-state index in [1.165, 1.54) is 5.56 Å². The van der Waals surface area contributed by atoms with Crippen LogP contribution in [-0.4, -0.2) is 4.98 Å². The second-order valence-corrected chi connectivity index (χ2v) is 5.94. The van der Waals surface area contributed by atoms with Crippen LogP contribution in [0.15, 0.2) is 45.6 Å². The first-order valence-electron chi connectivity index (χ1n) is 5.26. The van der Waals surface area contributed by atoms with Gasteiger partial charge in [-0.15, -0.1) is 0 Å². The molecule has 5 heteroatoms. The lowest BCUT2D eigenvalue weighted by Gasteiger charge is -2.11. The number of halogens is 3. The second-order valence-electron chi connectivity index (χ2n) is 3.67. The third kappa shape index (κ3) is 3.56. The van der Waals surface area contributed by atoms with Gasteiger partial charge in [-0.1, -0.05) is 15.9 Å². The molecule has 2 aromatic rings. The fourth-order valence-electron chi connectivity index (χ4n) is 1.46. The lowest BCUT2D eigenvalue weighted by molar-refractivity contribution is 0.302. The Bertz CT molecular complexity index is 508. The molecule has 0 aliphatic rings. The smallest absolute Gasteiger partial charge is 0.148 e. The average Bonchev–Trinajstić information content (AvgIpc) is 2.38. The molecule has 0 aliphatic carbocycles. The van der Waals surface area contributed by atoms with E-state index in [4.69, 9.17) is 4.74 Å². The van der Waals surface area contributed by atoms with Gasteiger partial charge in [-0.25, -0.2) is 0 Å². The number of hydrogen-bond acceptors (Lipinski definition) is 2. The zero-order valence-electron chi connectivity index (χ0n) is 9.37. The van der Waals surface area contributed by atoms with E-state index >= 15 is 0 Å². The van der Waals surface area contributed by atoms with E-state index in [0.717, 1.165) is 25.6 Å². The molecular formula is C13H10Br3NO. The molecule has 0 radical (unpaired) electrons. The normalized spacial score (nSPS) is 10.4. The Hall–Kier alpha value is -0.390. The van der Waals surface area contributed by atoms with Gasteiger partial charge >= 0.3 is 0 Å². The molecule has 0 fully saturated rings. The molecular weight excluding hydrogens is 426 g/mol. The summed E-state index contributed by atoms with van der Waals surface area (Å²) >= 11 is 10.5. The summed E-state index contributed by atoms with van der Waals surface area (Å²) in [4.78, 5) is 3.98. The molecule has 0 saturated carbocycles. The fourth-order valence-corrected chi connectivity index (χ4v) is 3.30. The summed E-state index contributed by atoms with van der Waals surface area (Å²) < 4.78 is 7.71. The third-order valence-electron chi connectivity index (χ3n) is 2.34. The number of aromatic nitrogens is 1. The van der Waals surface area contributed by atoms with Crippen molar-refractivity contribution >= 4 is 47.8 Å². The van der Waals surface area contributed by atoms with Crippen molar-refractivity contribution in [3.63, 3.8) is 0 Å². The lowest BCUT2D eigenvalue weighted by atomic mass is 10.2. The molecule has 0 aliphatic heterocycles. The van der Waals surface area contributed by atoms with Crippen LogP contribution in [0.4, 0.5) is 0 Å². The number of benzene rings is 1. The first-order valence-corrected chi connectivity index (χ1v) is 7.97. The van der Waals surface area contributed by atoms with Crippen LogP contribution in [0.3, 0.4) is 0 Å². The van der Waals surface area contributed by atoms with Crippen LogP contribution < -0.4 is 4.74 Å². The van der Waals surface area contributed by atoms with Crippen molar-refractivity contribution < 1.29 is 4.74 Å². The molecule has 2 nitrogen and oxygen atoms in total. The summed E-state index contributed by atoms with van der Waals surface area (Å²) in [5.41, 5.74) is 2.28. The van der Waals surface area contributed by atoms with E-state index in [0.29, 0.717) is 6.61 Å². The van der Waals surface area contributed by atoms with Gasteiger partial charge < -0.3 is 4.74 Å². The molecule has 0 spiro atoms. The highest BCUT2D eigenvalue weighted by Crippen LogP contribution is 2.35. The molecule has 0 amide bonds. The second kappa shape index (κ2) is 6.68. The Morgan fingerprint density at radius 3 is 2.17 bits per heavy atom. The number of hydrogen-bond donors (Lipinski definition) is 0. The van der Waals surface area contributed by atoms with Gasteiger partial charge in [-0.05, 0) is 67.3 Å². The van der Waals surface area contributed by atoms with Crippen molar-refractivity contribution in [2.24, 2.45) is 0 Å². The van der Waals surface area contributed by atoms with Crippen molar-refractivity contribution in [1.82, 2.24) is 4.98 Å². The van der Waals surface area contributed by atoms with E-state index in [-0.39, 0.29) is 0 Å². The highest BCUT2D eigenvalue weighted by molar-refractivity contribution is 9.11. The molecule has 0 N–H and O–H groups in total. The monoisotopic (exact) mass is 433 g/mol. The molecule has 0 saturated heterocycles. The van der Waals surface area contributed by atoms with Crippen molar-refractivity contribution in [2.45, 2.75) is 11.9 Å². The summed E-state index contributed by atoms with van der Waals surface area (Å²) in [6.45, 7) is 0.521. The topological polar surface area (TPSA) is 22.1 Å². The van der Waals surface area contributed by atoms with Gasteiger partial charge in [-0.2, -0.15) is 0 Å². The molecule has 1 aromatic carbocycles. The van der Waals surface area contributed by atoms with E-state index in [9.17, 15) is 0 Å². The van der Waals surface area contributed by atoms with Crippen LogP contribution in [0, 0.1) is 0 Å². The van der Waals surface area contributed by atoms with E-state index in [1.807, 2.05) is 24.3 Å². The SMILES string of the molecule is BrCc1cc(Br)c(OCc2ccncc2)c(Br)c1. The summed E-state index contributed by atoms with van der Waals surface area (Å²) in [6.07, 6.45) is 3.52. The van der Waals surface area contributed by atoms with Crippen LogP contribution in [-0.2, 0) is 11.9 Å². The Morgan fingerprint density at radius 2 is 1.61 bits per heavy atom. The first-order chi connectivity index (χ1) is 8.70. The van der Waals surface area contributed by atoms with Gasteiger partial charge in [0.25, 0.3) is 0 Å². The number of pyridine rings is 1. The zero-order chi connectivity index (χ0) is 13.0. The van der Waals surface area contributed by atoms with Crippen molar-refractivity contribution in [2.75, 3.05) is 0 Å². The zero-order valence-corrected chi connectivity index (χ0v) is 14.1.